The van der Waals surface area contributed by atoms with E-state index in [2.05, 4.69) is 11.0 Å². The predicted octanol–water partition coefficient (Wildman–Crippen LogP) is 3.57. The van der Waals surface area contributed by atoms with Crippen molar-refractivity contribution in [2.75, 3.05) is 31.1 Å². The van der Waals surface area contributed by atoms with Gasteiger partial charge in [-0.25, -0.2) is 0 Å². The molecule has 1 saturated carbocycles. The number of benzene rings is 1. The topological polar surface area (TPSA) is 47.3 Å². The SMILES string of the molecule is N#Cc1ccccc1N1CCCN(C(=O)CCC2CCCC2)CC1. The van der Waals surface area contributed by atoms with Crippen LogP contribution in [0.25, 0.3) is 0 Å². The van der Waals surface area contributed by atoms with Gasteiger partial charge in [0.05, 0.1) is 11.3 Å². The van der Waals surface area contributed by atoms with Gasteiger partial charge in [-0.05, 0) is 30.9 Å². The van der Waals surface area contributed by atoms with Gasteiger partial charge >= 0.3 is 0 Å². The van der Waals surface area contributed by atoms with Crippen molar-refractivity contribution in [3.05, 3.63) is 29.8 Å². The van der Waals surface area contributed by atoms with Gasteiger partial charge in [-0.15, -0.1) is 0 Å². The summed E-state index contributed by atoms with van der Waals surface area (Å²) in [6.45, 7) is 3.33. The van der Waals surface area contributed by atoms with E-state index in [1.54, 1.807) is 0 Å². The second-order valence-electron chi connectivity index (χ2n) is 7.04. The van der Waals surface area contributed by atoms with Crippen molar-refractivity contribution in [2.45, 2.75) is 44.9 Å². The molecule has 1 amide bonds. The smallest absolute Gasteiger partial charge is 0.222 e. The highest BCUT2D eigenvalue weighted by atomic mass is 16.2. The molecule has 0 atom stereocenters. The van der Waals surface area contributed by atoms with Gasteiger partial charge in [0.15, 0.2) is 0 Å². The first kappa shape index (κ1) is 16.8. The Morgan fingerprint density at radius 1 is 1.08 bits per heavy atom. The molecule has 4 nitrogen and oxygen atoms in total. The Bertz CT molecular complexity index is 601. The maximum absolute atomic E-state index is 12.5. The van der Waals surface area contributed by atoms with Crippen molar-refractivity contribution in [2.24, 2.45) is 5.92 Å². The van der Waals surface area contributed by atoms with Crippen LogP contribution in [0, 0.1) is 17.2 Å². The summed E-state index contributed by atoms with van der Waals surface area (Å²) in [7, 11) is 0. The molecule has 1 aromatic rings. The van der Waals surface area contributed by atoms with Gasteiger partial charge in [-0.2, -0.15) is 5.26 Å². The first-order chi connectivity index (χ1) is 11.8. The van der Waals surface area contributed by atoms with Gasteiger partial charge < -0.3 is 9.80 Å². The second-order valence-corrected chi connectivity index (χ2v) is 7.04. The normalized spacial score (nSPS) is 19.1. The molecule has 1 aliphatic carbocycles. The fraction of sp³-hybridized carbons (Fsp3) is 0.600. The molecule has 3 rings (SSSR count). The molecule has 0 aromatic heterocycles. The van der Waals surface area contributed by atoms with Gasteiger partial charge in [0, 0.05) is 32.6 Å². The minimum absolute atomic E-state index is 0.317. The van der Waals surface area contributed by atoms with Crippen molar-refractivity contribution >= 4 is 11.6 Å². The first-order valence-electron chi connectivity index (χ1n) is 9.30. The fourth-order valence-corrected chi connectivity index (χ4v) is 4.04. The van der Waals surface area contributed by atoms with Gasteiger partial charge in [0.2, 0.25) is 5.91 Å². The quantitative estimate of drug-likeness (QED) is 0.850. The Morgan fingerprint density at radius 2 is 1.88 bits per heavy atom. The van der Waals surface area contributed by atoms with Crippen LogP contribution in [-0.2, 0) is 4.79 Å². The van der Waals surface area contributed by atoms with E-state index in [-0.39, 0.29) is 0 Å². The largest absolute Gasteiger partial charge is 0.369 e. The predicted molar refractivity (Wildman–Crippen MR) is 95.8 cm³/mol. The Morgan fingerprint density at radius 3 is 2.67 bits per heavy atom. The van der Waals surface area contributed by atoms with Crippen LogP contribution < -0.4 is 4.90 Å². The summed E-state index contributed by atoms with van der Waals surface area (Å²) < 4.78 is 0. The number of carbonyl (C=O) groups is 1. The molecule has 1 aliphatic heterocycles. The lowest BCUT2D eigenvalue weighted by molar-refractivity contribution is -0.131. The molecule has 0 spiro atoms. The fourth-order valence-electron chi connectivity index (χ4n) is 4.04. The summed E-state index contributed by atoms with van der Waals surface area (Å²) in [4.78, 5) is 16.8. The number of nitriles is 1. The summed E-state index contributed by atoms with van der Waals surface area (Å²) in [5, 5.41) is 9.29. The molecule has 2 fully saturated rings. The zero-order valence-electron chi connectivity index (χ0n) is 14.4. The average Bonchev–Trinajstić information content (AvgIpc) is 3.02. The molecular formula is C20H27N3O. The van der Waals surface area contributed by atoms with Crippen molar-refractivity contribution in [1.29, 1.82) is 5.26 Å². The van der Waals surface area contributed by atoms with Crippen LogP contribution in [0.15, 0.2) is 24.3 Å². The van der Waals surface area contributed by atoms with Crippen LogP contribution >= 0.6 is 0 Å². The number of anilines is 1. The van der Waals surface area contributed by atoms with E-state index >= 15 is 0 Å². The highest BCUT2D eigenvalue weighted by molar-refractivity contribution is 5.76. The van der Waals surface area contributed by atoms with E-state index in [0.29, 0.717) is 12.3 Å². The van der Waals surface area contributed by atoms with Crippen LogP contribution in [0.2, 0.25) is 0 Å². The minimum Gasteiger partial charge on any atom is -0.369 e. The zero-order valence-corrected chi connectivity index (χ0v) is 14.4. The maximum Gasteiger partial charge on any atom is 0.222 e. The van der Waals surface area contributed by atoms with Crippen LogP contribution in [-0.4, -0.2) is 37.0 Å². The molecule has 128 valence electrons. The molecule has 1 heterocycles. The van der Waals surface area contributed by atoms with E-state index < -0.39 is 0 Å². The molecule has 1 saturated heterocycles. The van der Waals surface area contributed by atoms with Crippen LogP contribution in [0.1, 0.15) is 50.5 Å². The monoisotopic (exact) mass is 325 g/mol. The number of rotatable bonds is 4. The van der Waals surface area contributed by atoms with Gasteiger partial charge in [0.25, 0.3) is 0 Å². The molecule has 1 aromatic carbocycles. The number of para-hydroxylation sites is 1. The summed E-state index contributed by atoms with van der Waals surface area (Å²) >= 11 is 0. The summed E-state index contributed by atoms with van der Waals surface area (Å²) in [5.41, 5.74) is 1.72. The summed E-state index contributed by atoms with van der Waals surface area (Å²) in [6, 6.07) is 10.0. The molecule has 0 unspecified atom stereocenters. The van der Waals surface area contributed by atoms with E-state index in [0.717, 1.165) is 56.2 Å². The van der Waals surface area contributed by atoms with Crippen molar-refractivity contribution in [3.8, 4) is 6.07 Å². The van der Waals surface area contributed by atoms with Crippen LogP contribution in [0.5, 0.6) is 0 Å². The van der Waals surface area contributed by atoms with Crippen molar-refractivity contribution in [1.82, 2.24) is 4.90 Å². The summed E-state index contributed by atoms with van der Waals surface area (Å²) in [5.74, 6) is 1.09. The third-order valence-electron chi connectivity index (χ3n) is 5.45. The minimum atomic E-state index is 0.317. The second kappa shape index (κ2) is 8.19. The highest BCUT2D eigenvalue weighted by Gasteiger charge is 2.22. The zero-order chi connectivity index (χ0) is 16.8. The van der Waals surface area contributed by atoms with E-state index in [1.807, 2.05) is 29.2 Å². The molecule has 4 heteroatoms. The molecule has 24 heavy (non-hydrogen) atoms. The lowest BCUT2D eigenvalue weighted by Crippen LogP contribution is -2.35. The van der Waals surface area contributed by atoms with E-state index in [9.17, 15) is 10.1 Å². The molecule has 0 N–H and O–H groups in total. The third-order valence-corrected chi connectivity index (χ3v) is 5.45. The lowest BCUT2D eigenvalue weighted by Gasteiger charge is -2.24. The van der Waals surface area contributed by atoms with Crippen LogP contribution in [0.3, 0.4) is 0 Å². The highest BCUT2D eigenvalue weighted by Crippen LogP contribution is 2.29. The molecular weight excluding hydrogens is 298 g/mol. The Hall–Kier alpha value is -2.02. The Balaban J connectivity index is 1.54. The standard InChI is InChI=1S/C20H27N3O/c21-16-18-8-3-4-9-19(18)22-12-5-13-23(15-14-22)20(24)11-10-17-6-1-2-7-17/h3-4,8-9,17H,1-2,5-7,10-15H2. The van der Waals surface area contributed by atoms with E-state index in [4.69, 9.17) is 0 Å². The van der Waals surface area contributed by atoms with Crippen LogP contribution in [0.4, 0.5) is 5.69 Å². The lowest BCUT2D eigenvalue weighted by atomic mass is 10.0. The average molecular weight is 325 g/mol. The van der Waals surface area contributed by atoms with E-state index in [1.165, 1.54) is 25.7 Å². The summed E-state index contributed by atoms with van der Waals surface area (Å²) in [6.07, 6.45) is 8.05. The number of nitrogens with zero attached hydrogens (tertiary/aromatic N) is 3. The maximum atomic E-state index is 12.5. The Kier molecular flexibility index (Phi) is 5.74. The molecule has 0 bridgehead atoms. The van der Waals surface area contributed by atoms with Gasteiger partial charge in [0.1, 0.15) is 6.07 Å². The van der Waals surface area contributed by atoms with Gasteiger partial charge in [-0.3, -0.25) is 4.79 Å². The number of hydrogen-bond donors (Lipinski definition) is 0. The van der Waals surface area contributed by atoms with Gasteiger partial charge in [-0.1, -0.05) is 37.8 Å². The number of hydrogen-bond acceptors (Lipinski definition) is 3. The molecule has 2 aliphatic rings. The Labute approximate surface area is 145 Å². The molecule has 0 radical (unpaired) electrons. The number of carbonyl (C=O) groups excluding carboxylic acids is 1. The van der Waals surface area contributed by atoms with Crippen molar-refractivity contribution in [3.63, 3.8) is 0 Å². The van der Waals surface area contributed by atoms with Crippen molar-refractivity contribution < 1.29 is 4.79 Å². The first-order valence-corrected chi connectivity index (χ1v) is 9.30. The number of amides is 1. The third kappa shape index (κ3) is 4.08.